The smallest absolute Gasteiger partial charge is 0.344 e. The Morgan fingerprint density at radius 1 is 1.04 bits per heavy atom. The van der Waals surface area contributed by atoms with Gasteiger partial charge in [0.25, 0.3) is 0 Å². The van der Waals surface area contributed by atoms with Crippen molar-refractivity contribution in [1.29, 1.82) is 0 Å². The Kier molecular flexibility index (Phi) is 4.13. The van der Waals surface area contributed by atoms with Crippen molar-refractivity contribution in [2.24, 2.45) is 0 Å². The highest BCUT2D eigenvalue weighted by molar-refractivity contribution is 6.42. The molecule has 4 aromatic rings. The Morgan fingerprint density at radius 2 is 1.58 bits per heavy atom. The lowest BCUT2D eigenvalue weighted by Crippen LogP contribution is -2.07. The number of fused-ring (bicyclic) bond motifs is 2. The fourth-order valence-corrected chi connectivity index (χ4v) is 3.65. The molecule has 0 radical (unpaired) electrons. The van der Waals surface area contributed by atoms with Gasteiger partial charge in [-0.25, -0.2) is 4.79 Å². The van der Waals surface area contributed by atoms with Crippen LogP contribution in [0, 0.1) is 6.92 Å². The summed E-state index contributed by atoms with van der Waals surface area (Å²) in [4.78, 5) is 12.5. The molecule has 0 spiro atoms. The molecule has 0 aliphatic rings. The summed E-state index contributed by atoms with van der Waals surface area (Å²) in [6.07, 6.45) is 0. The Balaban J connectivity index is 2.16. The largest absolute Gasteiger partial charge is 0.462 e. The molecule has 0 unspecified atom stereocenters. The number of ether oxygens (including phenoxy) is 1. The fraction of sp³-hybridized carbons (Fsp3) is 0.143. The highest BCUT2D eigenvalue weighted by Gasteiger charge is 2.26. The van der Waals surface area contributed by atoms with Gasteiger partial charge in [-0.2, -0.15) is 0 Å². The van der Waals surface area contributed by atoms with Crippen molar-refractivity contribution in [3.63, 3.8) is 0 Å². The summed E-state index contributed by atoms with van der Waals surface area (Å²) in [6, 6.07) is 15.6. The summed E-state index contributed by atoms with van der Waals surface area (Å²) >= 11 is 6.66. The van der Waals surface area contributed by atoms with Crippen LogP contribution >= 0.6 is 11.6 Å². The van der Waals surface area contributed by atoms with Crippen LogP contribution in [0.1, 0.15) is 23.0 Å². The minimum Gasteiger partial charge on any atom is -0.462 e. The quantitative estimate of drug-likeness (QED) is 0.341. The average Bonchev–Trinajstić information content (AvgIpc) is 3.04. The van der Waals surface area contributed by atoms with Crippen LogP contribution in [0.3, 0.4) is 0 Å². The number of rotatable bonds is 3. The van der Waals surface area contributed by atoms with Crippen molar-refractivity contribution in [2.45, 2.75) is 13.8 Å². The number of nitrogens with zero attached hydrogens (tertiary/aromatic N) is 1. The number of halogens is 1. The van der Waals surface area contributed by atoms with Crippen LogP contribution in [0.5, 0.6) is 0 Å². The molecule has 1 aromatic heterocycles. The predicted octanol–water partition coefficient (Wildman–Crippen LogP) is 5.79. The van der Waals surface area contributed by atoms with E-state index in [9.17, 15) is 4.79 Å². The maximum Gasteiger partial charge on any atom is 0.344 e. The molecule has 4 nitrogen and oxygen atoms in total. The lowest BCUT2D eigenvalue weighted by Gasteiger charge is -2.13. The SMILES string of the molecule is CCOC(=O)c1c(-c2c3ccccc3c(Cl)c3ccccc23)noc1C. The van der Waals surface area contributed by atoms with Crippen molar-refractivity contribution in [3.05, 3.63) is 64.9 Å². The van der Waals surface area contributed by atoms with Gasteiger partial charge in [-0.15, -0.1) is 0 Å². The zero-order valence-corrected chi connectivity index (χ0v) is 15.1. The molecule has 0 saturated heterocycles. The number of hydrogen-bond donors (Lipinski definition) is 0. The van der Waals surface area contributed by atoms with E-state index < -0.39 is 5.97 Å². The van der Waals surface area contributed by atoms with Crippen molar-refractivity contribution in [2.75, 3.05) is 6.61 Å². The van der Waals surface area contributed by atoms with E-state index in [1.165, 1.54) is 0 Å². The number of esters is 1. The van der Waals surface area contributed by atoms with Gasteiger partial charge in [0.1, 0.15) is 17.0 Å². The summed E-state index contributed by atoms with van der Waals surface area (Å²) in [5, 5.41) is 8.51. The second-order valence-electron chi connectivity index (χ2n) is 5.96. The third kappa shape index (κ3) is 2.45. The Labute approximate surface area is 155 Å². The highest BCUT2D eigenvalue weighted by Crippen LogP contribution is 2.42. The van der Waals surface area contributed by atoms with E-state index in [2.05, 4.69) is 5.16 Å². The molecule has 0 N–H and O–H groups in total. The summed E-state index contributed by atoms with van der Waals surface area (Å²) in [5.74, 6) is -0.00840. The van der Waals surface area contributed by atoms with Crippen molar-refractivity contribution in [3.8, 4) is 11.3 Å². The molecular weight excluding hydrogens is 350 g/mol. The molecule has 0 saturated carbocycles. The molecule has 0 amide bonds. The molecule has 1 heterocycles. The van der Waals surface area contributed by atoms with Crippen LogP contribution in [0.15, 0.2) is 53.1 Å². The molecule has 0 aliphatic carbocycles. The zero-order valence-electron chi connectivity index (χ0n) is 14.4. The number of carbonyl (C=O) groups excluding carboxylic acids is 1. The van der Waals surface area contributed by atoms with E-state index in [0.717, 1.165) is 27.1 Å². The van der Waals surface area contributed by atoms with Gasteiger partial charge >= 0.3 is 5.97 Å². The minimum atomic E-state index is -0.440. The maximum absolute atomic E-state index is 12.5. The Morgan fingerprint density at radius 3 is 2.12 bits per heavy atom. The standard InChI is InChI=1S/C21H16ClNO3/c1-3-25-21(24)17-12(2)26-23-20(17)18-13-8-4-6-10-15(13)19(22)16-11-7-5-9-14(16)18/h4-11H,3H2,1-2H3. The number of benzene rings is 3. The minimum absolute atomic E-state index is 0.283. The second-order valence-corrected chi connectivity index (χ2v) is 6.34. The topological polar surface area (TPSA) is 52.3 Å². The van der Waals surface area contributed by atoms with Gasteiger partial charge in [0.2, 0.25) is 0 Å². The van der Waals surface area contributed by atoms with Gasteiger partial charge in [0, 0.05) is 16.3 Å². The first kappa shape index (κ1) is 16.6. The lowest BCUT2D eigenvalue weighted by atomic mass is 9.93. The lowest BCUT2D eigenvalue weighted by molar-refractivity contribution is 0.0525. The number of aryl methyl sites for hydroxylation is 1. The summed E-state index contributed by atoms with van der Waals surface area (Å²) in [7, 11) is 0. The van der Waals surface area contributed by atoms with E-state index in [1.807, 2.05) is 48.5 Å². The van der Waals surface area contributed by atoms with Gasteiger partial charge in [-0.05, 0) is 24.6 Å². The first-order valence-electron chi connectivity index (χ1n) is 8.36. The molecular formula is C21H16ClNO3. The zero-order chi connectivity index (χ0) is 18.3. The van der Waals surface area contributed by atoms with Crippen LogP contribution in [-0.4, -0.2) is 17.7 Å². The Hall–Kier alpha value is -2.85. The molecule has 5 heteroatoms. The van der Waals surface area contributed by atoms with Gasteiger partial charge in [0.05, 0.1) is 11.6 Å². The van der Waals surface area contributed by atoms with Crippen molar-refractivity contribution in [1.82, 2.24) is 5.16 Å². The predicted molar refractivity (Wildman–Crippen MR) is 103 cm³/mol. The van der Waals surface area contributed by atoms with E-state index in [4.69, 9.17) is 20.9 Å². The van der Waals surface area contributed by atoms with Crippen LogP contribution in [0.2, 0.25) is 5.02 Å². The highest BCUT2D eigenvalue weighted by atomic mass is 35.5. The van der Waals surface area contributed by atoms with Gasteiger partial charge in [-0.3, -0.25) is 0 Å². The number of aromatic nitrogens is 1. The molecule has 0 aliphatic heterocycles. The molecule has 0 atom stereocenters. The molecule has 4 rings (SSSR count). The maximum atomic E-state index is 12.5. The summed E-state index contributed by atoms with van der Waals surface area (Å²) in [5.41, 5.74) is 1.65. The van der Waals surface area contributed by atoms with Gasteiger partial charge in [0.15, 0.2) is 0 Å². The summed E-state index contributed by atoms with van der Waals surface area (Å²) in [6.45, 7) is 3.77. The fourth-order valence-electron chi connectivity index (χ4n) is 3.32. The molecule has 3 aromatic carbocycles. The summed E-state index contributed by atoms with van der Waals surface area (Å²) < 4.78 is 10.6. The van der Waals surface area contributed by atoms with Crippen LogP contribution < -0.4 is 0 Å². The van der Waals surface area contributed by atoms with E-state index in [0.29, 0.717) is 22.0 Å². The molecule has 130 valence electrons. The van der Waals surface area contributed by atoms with E-state index >= 15 is 0 Å². The van der Waals surface area contributed by atoms with Gasteiger partial charge in [-0.1, -0.05) is 65.3 Å². The third-order valence-electron chi connectivity index (χ3n) is 4.44. The molecule has 0 fully saturated rings. The van der Waals surface area contributed by atoms with Gasteiger partial charge < -0.3 is 9.26 Å². The first-order chi connectivity index (χ1) is 12.6. The van der Waals surface area contributed by atoms with Crippen molar-refractivity contribution < 1.29 is 14.1 Å². The van der Waals surface area contributed by atoms with Crippen molar-refractivity contribution >= 4 is 39.1 Å². The number of carbonyl (C=O) groups is 1. The third-order valence-corrected chi connectivity index (χ3v) is 4.85. The second kappa shape index (κ2) is 6.46. The van der Waals surface area contributed by atoms with Crippen LogP contribution in [0.25, 0.3) is 32.8 Å². The first-order valence-corrected chi connectivity index (χ1v) is 8.74. The Bertz CT molecular complexity index is 1090. The molecule has 0 bridgehead atoms. The molecule has 26 heavy (non-hydrogen) atoms. The van der Waals surface area contributed by atoms with E-state index in [-0.39, 0.29) is 6.61 Å². The van der Waals surface area contributed by atoms with Crippen LogP contribution in [0.4, 0.5) is 0 Å². The normalized spacial score (nSPS) is 11.2. The monoisotopic (exact) mass is 365 g/mol. The van der Waals surface area contributed by atoms with Crippen LogP contribution in [-0.2, 0) is 4.74 Å². The number of hydrogen-bond acceptors (Lipinski definition) is 4. The van der Waals surface area contributed by atoms with E-state index in [1.54, 1.807) is 13.8 Å². The average molecular weight is 366 g/mol.